The summed E-state index contributed by atoms with van der Waals surface area (Å²) in [6.07, 6.45) is 0. The number of hydrogen-bond donors (Lipinski definition) is 1. The van der Waals surface area contributed by atoms with Crippen LogP contribution in [0, 0.1) is 6.01 Å². The zero-order valence-electron chi connectivity index (χ0n) is 6.73. The molecule has 0 aliphatic rings. The van der Waals surface area contributed by atoms with Gasteiger partial charge in [-0.25, -0.2) is 0 Å². The number of nitrogens with one attached hydrogen (secondary N) is 1. The van der Waals surface area contributed by atoms with Gasteiger partial charge in [-0.3, -0.25) is 0 Å². The van der Waals surface area contributed by atoms with Crippen LogP contribution in [0.2, 0.25) is 0 Å². The monoisotopic (exact) mass is 157 g/mol. The summed E-state index contributed by atoms with van der Waals surface area (Å²) in [6.45, 7) is 2.78. The molecule has 1 aromatic heterocycles. The van der Waals surface area contributed by atoms with E-state index in [4.69, 9.17) is 4.42 Å². The second-order valence-corrected chi connectivity index (χ2v) is 2.60. The van der Waals surface area contributed by atoms with Crippen molar-refractivity contribution in [3.8, 4) is 0 Å². The molecule has 1 heterocycles. The third kappa shape index (κ3) is 2.05. The minimum Gasteiger partial charge on any atom is -0.436 e. The molecular formula is C8H12FNO. The highest BCUT2D eigenvalue weighted by molar-refractivity contribution is 5.05. The van der Waals surface area contributed by atoms with E-state index in [1.54, 1.807) is 6.07 Å². The summed E-state index contributed by atoms with van der Waals surface area (Å²) in [5, 5.41) is 2.99. The van der Waals surface area contributed by atoms with Crippen LogP contribution in [0.4, 0.5) is 4.39 Å². The van der Waals surface area contributed by atoms with Crippen molar-refractivity contribution in [1.82, 2.24) is 5.32 Å². The molecule has 1 rings (SSSR count). The zero-order valence-corrected chi connectivity index (χ0v) is 6.73. The summed E-state index contributed by atoms with van der Waals surface area (Å²) < 4.78 is 17.1. The molecule has 0 aromatic carbocycles. The Labute approximate surface area is 65.4 Å². The summed E-state index contributed by atoms with van der Waals surface area (Å²) in [4.78, 5) is 0. The van der Waals surface area contributed by atoms with E-state index >= 15 is 0 Å². The van der Waals surface area contributed by atoms with Crippen LogP contribution in [0.3, 0.4) is 0 Å². The minimum atomic E-state index is -0.511. The summed E-state index contributed by atoms with van der Waals surface area (Å²) >= 11 is 0. The van der Waals surface area contributed by atoms with Gasteiger partial charge in [-0.2, -0.15) is 4.39 Å². The third-order valence-electron chi connectivity index (χ3n) is 1.59. The van der Waals surface area contributed by atoms with E-state index < -0.39 is 6.01 Å². The average molecular weight is 157 g/mol. The highest BCUT2D eigenvalue weighted by Gasteiger charge is 2.08. The summed E-state index contributed by atoms with van der Waals surface area (Å²) in [5.41, 5.74) is 0. The van der Waals surface area contributed by atoms with Gasteiger partial charge in [-0.15, -0.1) is 0 Å². The molecule has 2 nitrogen and oxygen atoms in total. The highest BCUT2D eigenvalue weighted by atomic mass is 19.1. The van der Waals surface area contributed by atoms with Crippen molar-refractivity contribution in [2.24, 2.45) is 0 Å². The Morgan fingerprint density at radius 1 is 1.64 bits per heavy atom. The summed E-state index contributed by atoms with van der Waals surface area (Å²) in [5.74, 6) is 0.918. The normalized spacial score (nSPS) is 13.4. The first-order valence-corrected chi connectivity index (χ1v) is 3.64. The molecule has 62 valence electrons. The smallest absolute Gasteiger partial charge is 0.277 e. The Kier molecular flexibility index (Phi) is 2.65. The molecule has 1 unspecified atom stereocenters. The van der Waals surface area contributed by atoms with Crippen LogP contribution in [0.25, 0.3) is 0 Å². The number of hydrogen-bond acceptors (Lipinski definition) is 2. The van der Waals surface area contributed by atoms with Gasteiger partial charge in [0.15, 0.2) is 0 Å². The van der Waals surface area contributed by atoms with Crippen molar-refractivity contribution in [2.75, 3.05) is 13.6 Å². The van der Waals surface area contributed by atoms with Gasteiger partial charge in [0.05, 0.1) is 0 Å². The van der Waals surface area contributed by atoms with Crippen LogP contribution in [0.1, 0.15) is 18.6 Å². The average Bonchev–Trinajstić information content (AvgIpc) is 2.36. The predicted molar refractivity (Wildman–Crippen MR) is 41.0 cm³/mol. The topological polar surface area (TPSA) is 25.2 Å². The van der Waals surface area contributed by atoms with Crippen LogP contribution >= 0.6 is 0 Å². The molecule has 0 radical (unpaired) electrons. The Morgan fingerprint density at radius 2 is 2.36 bits per heavy atom. The van der Waals surface area contributed by atoms with Crippen molar-refractivity contribution in [3.63, 3.8) is 0 Å². The second kappa shape index (κ2) is 3.53. The van der Waals surface area contributed by atoms with Crippen molar-refractivity contribution in [1.29, 1.82) is 0 Å². The molecule has 0 aliphatic carbocycles. The number of furan rings is 1. The predicted octanol–water partition coefficient (Wildman–Crippen LogP) is 1.74. The first kappa shape index (κ1) is 8.27. The fourth-order valence-electron chi connectivity index (χ4n) is 1.000. The first-order chi connectivity index (χ1) is 5.24. The van der Waals surface area contributed by atoms with Gasteiger partial charge in [-0.05, 0) is 13.1 Å². The molecule has 1 aromatic rings. The molecule has 1 atom stereocenters. The molecule has 0 spiro atoms. The lowest BCUT2D eigenvalue weighted by atomic mass is 10.1. The van der Waals surface area contributed by atoms with Crippen LogP contribution < -0.4 is 5.32 Å². The zero-order chi connectivity index (χ0) is 8.27. The quantitative estimate of drug-likeness (QED) is 0.723. The molecule has 1 N–H and O–H groups in total. The molecule has 0 fully saturated rings. The van der Waals surface area contributed by atoms with Crippen LogP contribution in [0.5, 0.6) is 0 Å². The molecule has 11 heavy (non-hydrogen) atoms. The molecule has 0 saturated carbocycles. The molecule has 3 heteroatoms. The van der Waals surface area contributed by atoms with Crippen molar-refractivity contribution in [3.05, 3.63) is 23.9 Å². The summed E-state index contributed by atoms with van der Waals surface area (Å²) in [7, 11) is 1.86. The van der Waals surface area contributed by atoms with Gasteiger partial charge < -0.3 is 9.73 Å². The van der Waals surface area contributed by atoms with E-state index in [0.29, 0.717) is 5.76 Å². The van der Waals surface area contributed by atoms with Gasteiger partial charge in [0.1, 0.15) is 5.76 Å². The first-order valence-electron chi connectivity index (χ1n) is 3.64. The maximum Gasteiger partial charge on any atom is 0.277 e. The van der Waals surface area contributed by atoms with Gasteiger partial charge in [0.25, 0.3) is 6.01 Å². The Morgan fingerprint density at radius 3 is 2.82 bits per heavy atom. The highest BCUT2D eigenvalue weighted by Crippen LogP contribution is 2.16. The number of likely N-dealkylation sites (N-methyl/N-ethyl adjacent to an activating group) is 1. The van der Waals surface area contributed by atoms with E-state index in [1.165, 1.54) is 6.07 Å². The largest absolute Gasteiger partial charge is 0.436 e. The van der Waals surface area contributed by atoms with Crippen molar-refractivity contribution >= 4 is 0 Å². The van der Waals surface area contributed by atoms with E-state index in [-0.39, 0.29) is 5.92 Å². The van der Waals surface area contributed by atoms with E-state index in [1.807, 2.05) is 14.0 Å². The fraction of sp³-hybridized carbons (Fsp3) is 0.500. The van der Waals surface area contributed by atoms with E-state index in [0.717, 1.165) is 6.54 Å². The lowest BCUT2D eigenvalue weighted by molar-refractivity contribution is 0.325. The SMILES string of the molecule is CNCC(C)c1ccc(F)o1. The van der Waals surface area contributed by atoms with Gasteiger partial charge in [0.2, 0.25) is 0 Å². The second-order valence-electron chi connectivity index (χ2n) is 2.60. The fourth-order valence-corrected chi connectivity index (χ4v) is 1.000. The number of halogens is 1. The molecular weight excluding hydrogens is 145 g/mol. The molecule has 0 amide bonds. The molecule has 0 bridgehead atoms. The lowest BCUT2D eigenvalue weighted by Gasteiger charge is -2.05. The third-order valence-corrected chi connectivity index (χ3v) is 1.59. The van der Waals surface area contributed by atoms with E-state index in [9.17, 15) is 4.39 Å². The van der Waals surface area contributed by atoms with E-state index in [2.05, 4.69) is 5.32 Å². The van der Waals surface area contributed by atoms with Crippen LogP contribution in [-0.2, 0) is 0 Å². The summed E-state index contributed by atoms with van der Waals surface area (Å²) in [6, 6.07) is 2.49. The molecule has 0 saturated heterocycles. The maximum absolute atomic E-state index is 12.3. The standard InChI is InChI=1S/C8H12FNO/c1-6(5-10-2)7-3-4-8(9)11-7/h3-4,6,10H,5H2,1-2H3. The minimum absolute atomic E-state index is 0.226. The van der Waals surface area contributed by atoms with Crippen molar-refractivity contribution in [2.45, 2.75) is 12.8 Å². The van der Waals surface area contributed by atoms with Crippen molar-refractivity contribution < 1.29 is 8.81 Å². The Bertz CT molecular complexity index is 222. The Balaban J connectivity index is 2.60. The van der Waals surface area contributed by atoms with Gasteiger partial charge >= 0.3 is 0 Å². The lowest BCUT2D eigenvalue weighted by Crippen LogP contribution is -2.14. The number of rotatable bonds is 3. The van der Waals surface area contributed by atoms with Gasteiger partial charge in [-0.1, -0.05) is 6.92 Å². The maximum atomic E-state index is 12.3. The van der Waals surface area contributed by atoms with Gasteiger partial charge in [0, 0.05) is 18.5 Å². The molecule has 0 aliphatic heterocycles. The van der Waals surface area contributed by atoms with Crippen LogP contribution in [0.15, 0.2) is 16.5 Å². The Hall–Kier alpha value is -0.830. The van der Waals surface area contributed by atoms with Crippen LogP contribution in [-0.4, -0.2) is 13.6 Å².